The van der Waals surface area contributed by atoms with Gasteiger partial charge in [0.05, 0.1) is 22.1 Å². The third kappa shape index (κ3) is 2.67. The highest BCUT2D eigenvalue weighted by Gasteiger charge is 2.14. The maximum Gasteiger partial charge on any atom is 0.172 e. The second-order valence-electron chi connectivity index (χ2n) is 5.74. The van der Waals surface area contributed by atoms with Crippen LogP contribution in [0.15, 0.2) is 30.3 Å². The van der Waals surface area contributed by atoms with Gasteiger partial charge >= 0.3 is 0 Å². The number of thiocarbonyl (C=S) groups is 1. The molecule has 1 aliphatic heterocycles. The van der Waals surface area contributed by atoms with Gasteiger partial charge in [-0.3, -0.25) is 0 Å². The summed E-state index contributed by atoms with van der Waals surface area (Å²) in [6.45, 7) is 1.11. The van der Waals surface area contributed by atoms with Gasteiger partial charge in [0.1, 0.15) is 13.2 Å². The van der Waals surface area contributed by atoms with Crippen molar-refractivity contribution >= 4 is 45.1 Å². The van der Waals surface area contributed by atoms with E-state index in [1.807, 2.05) is 49.3 Å². The molecule has 3 aromatic rings. The smallest absolute Gasteiger partial charge is 0.172 e. The molecule has 0 fully saturated rings. The second kappa shape index (κ2) is 5.76. The molecule has 0 radical (unpaired) electrons. The van der Waals surface area contributed by atoms with E-state index in [9.17, 15) is 0 Å². The topological polar surface area (TPSA) is 59.5 Å². The zero-order valence-corrected chi connectivity index (χ0v) is 14.2. The van der Waals surface area contributed by atoms with E-state index in [1.54, 1.807) is 0 Å². The summed E-state index contributed by atoms with van der Waals surface area (Å²) in [5, 5.41) is 3.82. The van der Waals surface area contributed by atoms with Crippen LogP contribution < -0.4 is 14.8 Å². The molecule has 1 N–H and O–H groups in total. The van der Waals surface area contributed by atoms with E-state index >= 15 is 0 Å². The minimum atomic E-state index is 0.551. The van der Waals surface area contributed by atoms with Gasteiger partial charge < -0.3 is 19.7 Å². The minimum Gasteiger partial charge on any atom is -0.486 e. The van der Waals surface area contributed by atoms with Crippen LogP contribution in [0, 0.1) is 0 Å². The monoisotopic (exact) mass is 340 g/mol. The summed E-state index contributed by atoms with van der Waals surface area (Å²) >= 11 is 5.27. The quantitative estimate of drug-likeness (QED) is 0.540. The number of rotatable bonds is 1. The zero-order valence-electron chi connectivity index (χ0n) is 13.4. The fourth-order valence-electron chi connectivity index (χ4n) is 2.53. The third-order valence-corrected chi connectivity index (χ3v) is 4.22. The number of nitrogens with one attached hydrogen (secondary N) is 1. The van der Waals surface area contributed by atoms with Crippen molar-refractivity contribution in [3.63, 3.8) is 0 Å². The number of fused-ring (bicyclic) bond motifs is 3. The van der Waals surface area contributed by atoms with Crippen molar-refractivity contribution in [2.75, 3.05) is 32.6 Å². The largest absolute Gasteiger partial charge is 0.486 e. The molecule has 122 valence electrons. The van der Waals surface area contributed by atoms with Crippen molar-refractivity contribution in [3.8, 4) is 11.5 Å². The normalized spacial score (nSPS) is 13.1. The molecule has 6 nitrogen and oxygen atoms in total. The van der Waals surface area contributed by atoms with Crippen LogP contribution in [0.25, 0.3) is 22.1 Å². The molecule has 0 aliphatic carbocycles. The summed E-state index contributed by atoms with van der Waals surface area (Å²) in [7, 11) is 3.80. The summed E-state index contributed by atoms with van der Waals surface area (Å²) in [4.78, 5) is 11.2. The Morgan fingerprint density at radius 1 is 0.958 bits per heavy atom. The molecule has 4 rings (SSSR count). The molecule has 0 saturated heterocycles. The maximum atomic E-state index is 5.62. The Labute approximate surface area is 144 Å². The molecule has 7 heteroatoms. The third-order valence-electron chi connectivity index (χ3n) is 3.75. The fourth-order valence-corrected chi connectivity index (χ4v) is 2.64. The average molecular weight is 340 g/mol. The molecule has 0 amide bonds. The Bertz CT molecular complexity index is 958. The Balaban J connectivity index is 1.79. The Morgan fingerprint density at radius 3 is 2.17 bits per heavy atom. The number of hydrogen-bond donors (Lipinski definition) is 1. The lowest BCUT2D eigenvalue weighted by Crippen LogP contribution is -2.26. The molecular formula is C17H16N4O2S. The van der Waals surface area contributed by atoms with Crippen molar-refractivity contribution in [1.82, 2.24) is 14.9 Å². The van der Waals surface area contributed by atoms with Gasteiger partial charge in [0.15, 0.2) is 16.6 Å². The van der Waals surface area contributed by atoms with Crippen LogP contribution in [0.2, 0.25) is 0 Å². The fraction of sp³-hybridized carbons (Fsp3) is 0.235. The van der Waals surface area contributed by atoms with Crippen LogP contribution in [0.4, 0.5) is 5.69 Å². The van der Waals surface area contributed by atoms with E-state index in [1.165, 1.54) is 0 Å². The number of aromatic nitrogens is 2. The van der Waals surface area contributed by atoms with E-state index in [2.05, 4.69) is 10.3 Å². The first-order chi connectivity index (χ1) is 11.6. The number of anilines is 1. The molecule has 0 atom stereocenters. The SMILES string of the molecule is CN(C)C(=S)Nc1ccc2nc3cc4c(cc3nc2c1)OCCO4. The highest BCUT2D eigenvalue weighted by Crippen LogP contribution is 2.34. The van der Waals surface area contributed by atoms with Gasteiger partial charge in [-0.1, -0.05) is 0 Å². The van der Waals surface area contributed by atoms with Crippen molar-refractivity contribution in [1.29, 1.82) is 0 Å². The van der Waals surface area contributed by atoms with Crippen LogP contribution in [-0.4, -0.2) is 47.3 Å². The highest BCUT2D eigenvalue weighted by atomic mass is 32.1. The molecular weight excluding hydrogens is 324 g/mol. The summed E-state index contributed by atoms with van der Waals surface area (Å²) in [5.74, 6) is 1.43. The Morgan fingerprint density at radius 2 is 1.54 bits per heavy atom. The number of hydrogen-bond acceptors (Lipinski definition) is 5. The maximum absolute atomic E-state index is 5.62. The first kappa shape index (κ1) is 14.9. The second-order valence-corrected chi connectivity index (χ2v) is 6.12. The lowest BCUT2D eigenvalue weighted by atomic mass is 10.2. The van der Waals surface area contributed by atoms with E-state index in [-0.39, 0.29) is 0 Å². The molecule has 2 heterocycles. The van der Waals surface area contributed by atoms with Gasteiger partial charge in [0.25, 0.3) is 0 Å². The first-order valence-corrected chi connectivity index (χ1v) is 8.00. The van der Waals surface area contributed by atoms with Crippen molar-refractivity contribution in [2.24, 2.45) is 0 Å². The Kier molecular flexibility index (Phi) is 3.57. The van der Waals surface area contributed by atoms with Gasteiger partial charge in [-0.2, -0.15) is 0 Å². The van der Waals surface area contributed by atoms with Crippen LogP contribution >= 0.6 is 12.2 Å². The van der Waals surface area contributed by atoms with E-state index < -0.39 is 0 Å². The first-order valence-electron chi connectivity index (χ1n) is 7.59. The van der Waals surface area contributed by atoms with Crippen molar-refractivity contribution in [2.45, 2.75) is 0 Å². The summed E-state index contributed by atoms with van der Waals surface area (Å²) in [6, 6.07) is 9.56. The molecule has 1 aliphatic rings. The standard InChI is InChI=1S/C17H16N4O2S/c1-21(2)17(24)18-10-3-4-11-12(7-10)20-14-9-16-15(8-13(14)19-11)22-5-6-23-16/h3-4,7-9H,5-6H2,1-2H3,(H,18,24). The lowest BCUT2D eigenvalue weighted by Gasteiger charge is -2.18. The average Bonchev–Trinajstić information content (AvgIpc) is 2.58. The number of benzene rings is 2. The van der Waals surface area contributed by atoms with Crippen molar-refractivity contribution in [3.05, 3.63) is 30.3 Å². The van der Waals surface area contributed by atoms with E-state index in [0.29, 0.717) is 24.1 Å². The molecule has 24 heavy (non-hydrogen) atoms. The summed E-state index contributed by atoms with van der Waals surface area (Å²) in [6.07, 6.45) is 0. The van der Waals surface area contributed by atoms with Crippen LogP contribution in [0.5, 0.6) is 11.5 Å². The van der Waals surface area contributed by atoms with Gasteiger partial charge in [-0.05, 0) is 30.4 Å². The van der Waals surface area contributed by atoms with Crippen LogP contribution in [-0.2, 0) is 0 Å². The predicted molar refractivity (Wildman–Crippen MR) is 97.9 cm³/mol. The molecule has 1 aromatic heterocycles. The number of ether oxygens (including phenoxy) is 2. The highest BCUT2D eigenvalue weighted by molar-refractivity contribution is 7.80. The van der Waals surface area contributed by atoms with Gasteiger partial charge in [0, 0.05) is 31.9 Å². The summed E-state index contributed by atoms with van der Waals surface area (Å²) in [5.41, 5.74) is 4.06. The van der Waals surface area contributed by atoms with Gasteiger partial charge in [-0.15, -0.1) is 0 Å². The van der Waals surface area contributed by atoms with E-state index in [0.717, 1.165) is 33.5 Å². The van der Waals surface area contributed by atoms with Gasteiger partial charge in [-0.25, -0.2) is 9.97 Å². The van der Waals surface area contributed by atoms with Gasteiger partial charge in [0.2, 0.25) is 0 Å². The van der Waals surface area contributed by atoms with Crippen molar-refractivity contribution < 1.29 is 9.47 Å². The molecule has 0 unspecified atom stereocenters. The Hall–Kier alpha value is -2.67. The molecule has 0 bridgehead atoms. The zero-order chi connectivity index (χ0) is 16.7. The van der Waals surface area contributed by atoms with Crippen LogP contribution in [0.1, 0.15) is 0 Å². The lowest BCUT2D eigenvalue weighted by molar-refractivity contribution is 0.172. The molecule has 2 aromatic carbocycles. The summed E-state index contributed by atoms with van der Waals surface area (Å²) < 4.78 is 11.2. The minimum absolute atomic E-state index is 0.551. The van der Waals surface area contributed by atoms with Crippen LogP contribution in [0.3, 0.4) is 0 Å². The predicted octanol–water partition coefficient (Wildman–Crippen LogP) is 2.81. The molecule has 0 spiro atoms. The molecule has 0 saturated carbocycles. The van der Waals surface area contributed by atoms with E-state index in [4.69, 9.17) is 26.7 Å². The number of nitrogens with zero attached hydrogens (tertiary/aromatic N) is 3.